The molecular formula is C27H23Cl2N3O. The van der Waals surface area contributed by atoms with Crippen LogP contribution in [0.5, 0.6) is 0 Å². The van der Waals surface area contributed by atoms with Crippen molar-refractivity contribution in [1.82, 2.24) is 9.88 Å². The van der Waals surface area contributed by atoms with Crippen LogP contribution in [0.1, 0.15) is 27.7 Å². The molecule has 0 bridgehead atoms. The van der Waals surface area contributed by atoms with Gasteiger partial charge in [0.25, 0.3) is 5.91 Å². The quantitative estimate of drug-likeness (QED) is 0.336. The van der Waals surface area contributed by atoms with E-state index < -0.39 is 0 Å². The highest BCUT2D eigenvalue weighted by Crippen LogP contribution is 2.37. The Morgan fingerprint density at radius 3 is 2.45 bits per heavy atom. The number of fused-ring (bicyclic) bond motifs is 1. The fraction of sp³-hybridized carbons (Fsp3) is 0.185. The van der Waals surface area contributed by atoms with E-state index in [9.17, 15) is 4.79 Å². The molecule has 4 aromatic rings. The molecule has 6 heteroatoms. The average molecular weight is 476 g/mol. The molecule has 1 atom stereocenters. The first-order chi connectivity index (χ1) is 16.0. The van der Waals surface area contributed by atoms with Crippen molar-refractivity contribution in [1.29, 1.82) is 0 Å². The highest BCUT2D eigenvalue weighted by atomic mass is 35.5. The number of hydrogen-bond acceptors (Lipinski definition) is 3. The van der Waals surface area contributed by atoms with Gasteiger partial charge in [-0.25, -0.2) is 0 Å². The summed E-state index contributed by atoms with van der Waals surface area (Å²) in [6.07, 6.45) is 1.77. The van der Waals surface area contributed by atoms with E-state index in [4.69, 9.17) is 23.2 Å². The maximum Gasteiger partial charge on any atom is 0.272 e. The van der Waals surface area contributed by atoms with Crippen molar-refractivity contribution >= 4 is 45.6 Å². The van der Waals surface area contributed by atoms with Crippen LogP contribution >= 0.6 is 23.2 Å². The van der Waals surface area contributed by atoms with Crippen molar-refractivity contribution in [2.24, 2.45) is 0 Å². The lowest BCUT2D eigenvalue weighted by molar-refractivity contribution is 0.0716. The highest BCUT2D eigenvalue weighted by molar-refractivity contribution is 6.36. The third-order valence-electron chi connectivity index (χ3n) is 6.20. The Morgan fingerprint density at radius 2 is 1.70 bits per heavy atom. The van der Waals surface area contributed by atoms with Gasteiger partial charge in [0.15, 0.2) is 0 Å². The lowest BCUT2D eigenvalue weighted by Gasteiger charge is -2.43. The molecule has 0 aliphatic carbocycles. The largest absolute Gasteiger partial charge is 0.360 e. The van der Waals surface area contributed by atoms with Gasteiger partial charge in [-0.15, -0.1) is 0 Å². The summed E-state index contributed by atoms with van der Waals surface area (Å²) in [5.41, 5.74) is 3.71. The lowest BCUT2D eigenvalue weighted by Crippen LogP contribution is -2.50. The van der Waals surface area contributed by atoms with Crippen molar-refractivity contribution in [3.05, 3.63) is 106 Å². The number of rotatable bonds is 3. The van der Waals surface area contributed by atoms with Gasteiger partial charge < -0.3 is 9.80 Å². The Balaban J connectivity index is 1.48. The lowest BCUT2D eigenvalue weighted by atomic mass is 9.99. The third kappa shape index (κ3) is 4.41. The fourth-order valence-electron chi connectivity index (χ4n) is 4.41. The topological polar surface area (TPSA) is 36.4 Å². The van der Waals surface area contributed by atoms with Crippen LogP contribution in [0, 0.1) is 6.92 Å². The number of carbonyl (C=O) groups excluding carboxylic acids is 1. The number of halogens is 2. The summed E-state index contributed by atoms with van der Waals surface area (Å²) in [6.45, 7) is 3.84. The van der Waals surface area contributed by atoms with Crippen molar-refractivity contribution < 1.29 is 4.79 Å². The Hall–Kier alpha value is -3.08. The molecular weight excluding hydrogens is 453 g/mol. The zero-order chi connectivity index (χ0) is 22.9. The number of hydrogen-bond donors (Lipinski definition) is 0. The number of aromatic nitrogens is 1. The van der Waals surface area contributed by atoms with E-state index in [1.54, 1.807) is 12.3 Å². The molecule has 1 unspecified atom stereocenters. The first-order valence-corrected chi connectivity index (χ1v) is 11.7. The molecule has 5 rings (SSSR count). The maximum absolute atomic E-state index is 13.4. The SMILES string of the molecule is Cc1ccc(C2CN(C(=O)c3cc4ccccc4cn3)CCN2c2ccc(Cl)cc2Cl)cc1. The van der Waals surface area contributed by atoms with E-state index in [0.717, 1.165) is 22.0 Å². The molecule has 0 radical (unpaired) electrons. The van der Waals surface area contributed by atoms with Crippen LogP contribution < -0.4 is 4.90 Å². The first kappa shape index (κ1) is 21.7. The molecule has 2 heterocycles. The van der Waals surface area contributed by atoms with Crippen LogP contribution in [-0.2, 0) is 0 Å². The van der Waals surface area contributed by atoms with Gasteiger partial charge in [0, 0.05) is 36.2 Å². The van der Waals surface area contributed by atoms with E-state index in [-0.39, 0.29) is 11.9 Å². The fourth-order valence-corrected chi connectivity index (χ4v) is 4.92. The normalized spacial score (nSPS) is 16.3. The van der Waals surface area contributed by atoms with E-state index in [0.29, 0.717) is 35.4 Å². The molecule has 1 aromatic heterocycles. The number of piperazine rings is 1. The first-order valence-electron chi connectivity index (χ1n) is 10.9. The smallest absolute Gasteiger partial charge is 0.272 e. The van der Waals surface area contributed by atoms with E-state index >= 15 is 0 Å². The van der Waals surface area contributed by atoms with Crippen LogP contribution in [0.2, 0.25) is 10.0 Å². The third-order valence-corrected chi connectivity index (χ3v) is 6.74. The Bertz CT molecular complexity index is 1320. The highest BCUT2D eigenvalue weighted by Gasteiger charge is 2.32. The second-order valence-corrected chi connectivity index (χ2v) is 9.23. The summed E-state index contributed by atoms with van der Waals surface area (Å²) in [5, 5.41) is 3.24. The Kier molecular flexibility index (Phi) is 5.96. The monoisotopic (exact) mass is 475 g/mol. The maximum atomic E-state index is 13.4. The number of anilines is 1. The summed E-state index contributed by atoms with van der Waals surface area (Å²) < 4.78 is 0. The number of amides is 1. The predicted octanol–water partition coefficient (Wildman–Crippen LogP) is 6.55. The van der Waals surface area contributed by atoms with Crippen LogP contribution in [0.15, 0.2) is 79.0 Å². The molecule has 1 saturated heterocycles. The molecule has 3 aromatic carbocycles. The van der Waals surface area contributed by atoms with E-state index in [1.807, 2.05) is 47.4 Å². The summed E-state index contributed by atoms with van der Waals surface area (Å²) in [5.74, 6) is -0.0558. The minimum Gasteiger partial charge on any atom is -0.360 e. The van der Waals surface area contributed by atoms with Gasteiger partial charge in [-0.05, 0) is 42.1 Å². The Morgan fingerprint density at radius 1 is 0.939 bits per heavy atom. The molecule has 0 saturated carbocycles. The second kappa shape index (κ2) is 9.05. The number of pyridine rings is 1. The zero-order valence-corrected chi connectivity index (χ0v) is 19.7. The zero-order valence-electron chi connectivity index (χ0n) is 18.2. The van der Waals surface area contributed by atoms with Crippen LogP contribution in [0.25, 0.3) is 10.8 Å². The molecule has 1 fully saturated rings. The standard InChI is InChI=1S/C27H23Cl2N3O/c1-18-6-8-19(9-7-18)26-17-31(12-13-32(26)25-11-10-22(28)15-23(25)29)27(33)24-14-20-4-2-3-5-21(20)16-30-24/h2-11,14-16,26H,12-13,17H2,1H3. The predicted molar refractivity (Wildman–Crippen MR) is 135 cm³/mol. The summed E-state index contributed by atoms with van der Waals surface area (Å²) in [7, 11) is 0. The number of benzene rings is 3. The van der Waals surface area contributed by atoms with Gasteiger partial charge in [-0.3, -0.25) is 9.78 Å². The van der Waals surface area contributed by atoms with E-state index in [2.05, 4.69) is 41.1 Å². The number of carbonyl (C=O) groups is 1. The summed E-state index contributed by atoms with van der Waals surface area (Å²) >= 11 is 12.7. The van der Waals surface area contributed by atoms with Gasteiger partial charge in [-0.1, -0.05) is 77.3 Å². The van der Waals surface area contributed by atoms with Crippen molar-refractivity contribution in [2.75, 3.05) is 24.5 Å². The van der Waals surface area contributed by atoms with Crippen molar-refractivity contribution in [3.8, 4) is 0 Å². The molecule has 0 N–H and O–H groups in total. The van der Waals surface area contributed by atoms with Gasteiger partial charge in [0.1, 0.15) is 5.69 Å². The second-order valence-electron chi connectivity index (χ2n) is 8.38. The van der Waals surface area contributed by atoms with Crippen LogP contribution in [0.4, 0.5) is 5.69 Å². The molecule has 1 aliphatic rings. The summed E-state index contributed by atoms with van der Waals surface area (Å²) in [4.78, 5) is 22.0. The van der Waals surface area contributed by atoms with Gasteiger partial charge in [0.2, 0.25) is 0 Å². The van der Waals surface area contributed by atoms with Gasteiger partial charge >= 0.3 is 0 Å². The van der Waals surface area contributed by atoms with Crippen molar-refractivity contribution in [3.63, 3.8) is 0 Å². The van der Waals surface area contributed by atoms with Crippen LogP contribution in [0.3, 0.4) is 0 Å². The molecule has 33 heavy (non-hydrogen) atoms. The van der Waals surface area contributed by atoms with Crippen LogP contribution in [-0.4, -0.2) is 35.4 Å². The van der Waals surface area contributed by atoms with Crippen molar-refractivity contribution in [2.45, 2.75) is 13.0 Å². The molecule has 4 nitrogen and oxygen atoms in total. The number of aryl methyl sites for hydroxylation is 1. The Labute approximate surface area is 203 Å². The van der Waals surface area contributed by atoms with Gasteiger partial charge in [0.05, 0.1) is 16.8 Å². The minimum atomic E-state index is -0.0558. The summed E-state index contributed by atoms with van der Waals surface area (Å²) in [6, 6.07) is 23.8. The molecule has 166 valence electrons. The molecule has 1 aliphatic heterocycles. The number of nitrogens with zero attached hydrogens (tertiary/aromatic N) is 3. The van der Waals surface area contributed by atoms with E-state index in [1.165, 1.54) is 5.56 Å². The minimum absolute atomic E-state index is 0.0394. The van der Waals surface area contributed by atoms with Gasteiger partial charge in [-0.2, -0.15) is 0 Å². The molecule has 0 spiro atoms. The molecule has 1 amide bonds. The average Bonchev–Trinajstić information content (AvgIpc) is 2.84.